The summed E-state index contributed by atoms with van der Waals surface area (Å²) >= 11 is 0. The maximum absolute atomic E-state index is 13.8. The topological polar surface area (TPSA) is 161 Å². The highest BCUT2D eigenvalue weighted by Gasteiger charge is 2.62. The highest BCUT2D eigenvalue weighted by molar-refractivity contribution is 6.16. The normalized spacial score (nSPS) is 30.0. The van der Waals surface area contributed by atoms with E-state index in [1.54, 1.807) is 0 Å². The van der Waals surface area contributed by atoms with E-state index in [0.29, 0.717) is 24.0 Å². The van der Waals surface area contributed by atoms with Gasteiger partial charge in [0.15, 0.2) is 17.2 Å². The molecule has 0 aliphatic heterocycles. The molecule has 2 unspecified atom stereocenters. The van der Waals surface area contributed by atoms with Crippen LogP contribution in [0, 0.1) is 17.8 Å². The number of ketones is 2. The predicted molar refractivity (Wildman–Crippen MR) is 128 cm³/mol. The first kappa shape index (κ1) is 25.2. The lowest BCUT2D eigenvalue weighted by Gasteiger charge is -2.48. The largest absolute Gasteiger partial charge is 0.508 e. The Morgan fingerprint density at radius 3 is 2.49 bits per heavy atom. The van der Waals surface area contributed by atoms with Gasteiger partial charge in [0.05, 0.1) is 11.7 Å². The zero-order valence-electron chi connectivity index (χ0n) is 20.4. The Balaban J connectivity index is 1.86. The van der Waals surface area contributed by atoms with E-state index in [2.05, 4.69) is 6.92 Å². The van der Waals surface area contributed by atoms with Gasteiger partial charge in [0, 0.05) is 31.3 Å². The summed E-state index contributed by atoms with van der Waals surface area (Å²) in [5.41, 5.74) is 4.85. The molecular formula is C26H34N2O7. The summed E-state index contributed by atoms with van der Waals surface area (Å²) in [6.07, 6.45) is 2.37. The second-order valence-corrected chi connectivity index (χ2v) is 10.3. The smallest absolute Gasteiger partial charge is 0.230 e. The van der Waals surface area contributed by atoms with Crippen molar-refractivity contribution in [1.82, 2.24) is 0 Å². The molecule has 0 aromatic heterocycles. The summed E-state index contributed by atoms with van der Waals surface area (Å²) in [6, 6.07) is 1.90. The van der Waals surface area contributed by atoms with Gasteiger partial charge in [-0.2, -0.15) is 0 Å². The molecule has 0 heterocycles. The van der Waals surface area contributed by atoms with E-state index in [1.165, 1.54) is 0 Å². The maximum Gasteiger partial charge on any atom is 0.230 e. The minimum atomic E-state index is -2.49. The van der Waals surface area contributed by atoms with Crippen molar-refractivity contribution in [1.29, 1.82) is 0 Å². The number of rotatable bonds is 6. The number of aryl methyl sites for hydroxylation is 1. The Labute approximate surface area is 204 Å². The molecular weight excluding hydrogens is 452 g/mol. The summed E-state index contributed by atoms with van der Waals surface area (Å²) in [7, 11) is 3.71. The molecule has 4 rings (SSSR count). The lowest BCUT2D eigenvalue weighted by atomic mass is 9.57. The maximum atomic E-state index is 13.8. The molecule has 0 radical (unpaired) electrons. The molecule has 5 atom stereocenters. The van der Waals surface area contributed by atoms with Crippen molar-refractivity contribution in [2.45, 2.75) is 63.6 Å². The minimum Gasteiger partial charge on any atom is -0.508 e. The number of hydrogen-bond acceptors (Lipinski definition) is 8. The first-order chi connectivity index (χ1) is 16.4. The third-order valence-corrected chi connectivity index (χ3v) is 7.98. The Bertz CT molecular complexity index is 1130. The molecule has 6 N–H and O–H groups in total. The number of carbonyl (C=O) groups excluding carboxylic acids is 3. The van der Waals surface area contributed by atoms with E-state index in [9.17, 15) is 34.8 Å². The first-order valence-corrected chi connectivity index (χ1v) is 12.2. The monoisotopic (exact) mass is 486 g/mol. The molecule has 1 aromatic carbocycles. The molecule has 0 spiro atoms. The van der Waals surface area contributed by atoms with Crippen molar-refractivity contribution in [2.75, 3.05) is 19.0 Å². The molecule has 9 heteroatoms. The molecule has 3 aliphatic rings. The van der Waals surface area contributed by atoms with E-state index < -0.39 is 52.7 Å². The van der Waals surface area contributed by atoms with Crippen LogP contribution in [0.4, 0.5) is 5.69 Å². The molecule has 9 nitrogen and oxygen atoms in total. The van der Waals surface area contributed by atoms with E-state index in [0.717, 1.165) is 24.9 Å². The second-order valence-electron chi connectivity index (χ2n) is 10.3. The molecule has 35 heavy (non-hydrogen) atoms. The number of phenols is 1. The Morgan fingerprint density at radius 2 is 1.89 bits per heavy atom. The zero-order chi connectivity index (χ0) is 25.8. The molecule has 3 aliphatic carbocycles. The molecule has 1 amide bonds. The number of aliphatic hydroxyl groups excluding tert-OH is 2. The van der Waals surface area contributed by atoms with Gasteiger partial charge in [-0.1, -0.05) is 19.8 Å². The lowest BCUT2D eigenvalue weighted by Crippen LogP contribution is -2.63. The van der Waals surface area contributed by atoms with Gasteiger partial charge in [0.25, 0.3) is 0 Å². The molecule has 0 saturated heterocycles. The van der Waals surface area contributed by atoms with Crippen molar-refractivity contribution < 1.29 is 34.8 Å². The average Bonchev–Trinajstić information content (AvgIpc) is 2.77. The molecule has 1 fully saturated rings. The van der Waals surface area contributed by atoms with Crippen molar-refractivity contribution >= 4 is 23.2 Å². The summed E-state index contributed by atoms with van der Waals surface area (Å²) < 4.78 is 0. The molecule has 1 saturated carbocycles. The number of nitrogens with zero attached hydrogens (tertiary/aromatic N) is 1. The number of allylic oxidation sites excluding steroid dienone is 1. The van der Waals surface area contributed by atoms with Gasteiger partial charge in [0.1, 0.15) is 17.4 Å². The number of hydrogen-bond donors (Lipinski definition) is 5. The number of benzene rings is 1. The van der Waals surface area contributed by atoms with Gasteiger partial charge in [-0.15, -0.1) is 0 Å². The number of fused-ring (bicyclic) bond motifs is 3. The van der Waals surface area contributed by atoms with Crippen molar-refractivity contribution in [2.24, 2.45) is 23.5 Å². The number of aromatic hydroxyl groups is 1. The Morgan fingerprint density at radius 1 is 1.20 bits per heavy atom. The SMILES string of the molecule is CCCCCc1cc(N(C)C)c2c(c1O)C(=O)C1=C(O)[C@]3(O)C(=O)C(C(N)=O)C(O)C[C@@H]3C[C@@H]1C2. The minimum absolute atomic E-state index is 0.0808. The number of amides is 1. The van der Waals surface area contributed by atoms with Gasteiger partial charge in [-0.3, -0.25) is 14.4 Å². The summed E-state index contributed by atoms with van der Waals surface area (Å²) in [6.45, 7) is 2.08. The third-order valence-electron chi connectivity index (χ3n) is 7.98. The number of anilines is 1. The standard InChI is InChI=1S/C26H34N2O7/c1-4-5-6-7-12-10-16(28(2)3)15-9-13-8-14-11-17(29)20(25(27)34)24(33)26(14,35)23(32)18(13)22(31)19(15)21(12)30/h10,13-14,17,20,29-30,32,35H,4-9,11H2,1-3H3,(H2,27,34)/t13-,14+,17?,20?,26+/m1/s1. The van der Waals surface area contributed by atoms with Crippen LogP contribution in [0.1, 0.15) is 60.5 Å². The van der Waals surface area contributed by atoms with Gasteiger partial charge in [-0.05, 0) is 55.2 Å². The van der Waals surface area contributed by atoms with Gasteiger partial charge in [0.2, 0.25) is 5.91 Å². The highest BCUT2D eigenvalue weighted by Crippen LogP contribution is 2.53. The second kappa shape index (κ2) is 8.95. The Hall–Kier alpha value is -2.91. The third kappa shape index (κ3) is 3.72. The number of unbranched alkanes of at least 4 members (excludes halogenated alkanes) is 2. The predicted octanol–water partition coefficient (Wildman–Crippen LogP) is 1.54. The van der Waals surface area contributed by atoms with Gasteiger partial charge >= 0.3 is 0 Å². The van der Waals surface area contributed by atoms with Crippen LogP contribution in [-0.2, 0) is 22.4 Å². The molecule has 1 aromatic rings. The van der Waals surface area contributed by atoms with Crippen molar-refractivity contribution in [3.8, 4) is 5.75 Å². The average molecular weight is 487 g/mol. The summed E-state index contributed by atoms with van der Waals surface area (Å²) in [4.78, 5) is 40.6. The van der Waals surface area contributed by atoms with Crippen LogP contribution < -0.4 is 10.6 Å². The number of phenolic OH excluding ortho intramolecular Hbond substituents is 1. The molecule has 0 bridgehead atoms. The van der Waals surface area contributed by atoms with Crippen molar-refractivity contribution in [3.63, 3.8) is 0 Å². The van der Waals surface area contributed by atoms with Gasteiger partial charge < -0.3 is 31.1 Å². The molecule has 190 valence electrons. The number of aliphatic hydroxyl groups is 3. The summed E-state index contributed by atoms with van der Waals surface area (Å²) in [5, 5.41) is 44.1. The van der Waals surface area contributed by atoms with E-state index >= 15 is 0 Å². The number of primary amides is 1. The summed E-state index contributed by atoms with van der Waals surface area (Å²) in [5.74, 6) is -6.84. The van der Waals surface area contributed by atoms with Crippen LogP contribution in [0.15, 0.2) is 17.4 Å². The van der Waals surface area contributed by atoms with Crippen LogP contribution in [0.25, 0.3) is 0 Å². The van der Waals surface area contributed by atoms with Crippen LogP contribution in [0.2, 0.25) is 0 Å². The fraction of sp³-hybridized carbons (Fsp3) is 0.577. The first-order valence-electron chi connectivity index (χ1n) is 12.2. The number of Topliss-reactive ketones (excluding diaryl/α,β-unsaturated/α-hetero) is 2. The van der Waals surface area contributed by atoms with Crippen LogP contribution in [0.3, 0.4) is 0 Å². The quantitative estimate of drug-likeness (QED) is 0.299. The van der Waals surface area contributed by atoms with E-state index in [4.69, 9.17) is 5.73 Å². The highest BCUT2D eigenvalue weighted by atomic mass is 16.3. The fourth-order valence-electron chi connectivity index (χ4n) is 6.18. The van der Waals surface area contributed by atoms with E-state index in [-0.39, 0.29) is 29.7 Å². The van der Waals surface area contributed by atoms with Crippen molar-refractivity contribution in [3.05, 3.63) is 34.1 Å². The van der Waals surface area contributed by atoms with Crippen LogP contribution in [0.5, 0.6) is 5.75 Å². The van der Waals surface area contributed by atoms with Gasteiger partial charge in [-0.25, -0.2) is 0 Å². The van der Waals surface area contributed by atoms with Crippen LogP contribution >= 0.6 is 0 Å². The fourth-order valence-corrected chi connectivity index (χ4v) is 6.18. The zero-order valence-corrected chi connectivity index (χ0v) is 20.4. The number of carbonyl (C=O) groups is 3. The Kier molecular flexibility index (Phi) is 6.44. The number of nitrogens with two attached hydrogens (primary N) is 1. The van der Waals surface area contributed by atoms with E-state index in [1.807, 2.05) is 25.1 Å². The lowest BCUT2D eigenvalue weighted by molar-refractivity contribution is -0.167. The van der Waals surface area contributed by atoms with Crippen LogP contribution in [-0.4, -0.2) is 63.7 Å².